The van der Waals surface area contributed by atoms with Crippen LogP contribution in [0.3, 0.4) is 0 Å². The van der Waals surface area contributed by atoms with E-state index in [0.29, 0.717) is 6.54 Å². The maximum atomic E-state index is 13.6. The largest absolute Gasteiger partial charge is 0.354 e. The summed E-state index contributed by atoms with van der Waals surface area (Å²) in [5, 5.41) is 0.980. The Kier molecular flexibility index (Phi) is 4.25. The number of hydrogen-bond acceptors (Lipinski definition) is 1. The molecule has 0 spiro atoms. The number of fused-ring (bicyclic) bond motifs is 1. The van der Waals surface area contributed by atoms with Crippen LogP contribution in [0.4, 0.5) is 4.39 Å². The van der Waals surface area contributed by atoms with E-state index in [0.717, 1.165) is 41.4 Å². The lowest BCUT2D eigenvalue weighted by molar-refractivity contribution is 0.629. The molecular weight excluding hydrogens is 275 g/mol. The third-order valence-corrected chi connectivity index (χ3v) is 4.06. The summed E-state index contributed by atoms with van der Waals surface area (Å²) in [4.78, 5) is 3.46. The number of hydrogen-bond donors (Lipinski definition) is 2. The molecule has 1 aromatic heterocycles. The number of aromatic nitrogens is 1. The highest BCUT2D eigenvalue weighted by Crippen LogP contribution is 2.32. The maximum Gasteiger partial charge on any atom is 0.123 e. The highest BCUT2D eigenvalue weighted by atomic mass is 19.1. The lowest BCUT2D eigenvalue weighted by Crippen LogP contribution is -1.99. The summed E-state index contributed by atoms with van der Waals surface area (Å²) in [6, 6.07) is 13.3. The van der Waals surface area contributed by atoms with Crippen LogP contribution in [0.1, 0.15) is 24.0 Å². The fourth-order valence-corrected chi connectivity index (χ4v) is 2.97. The van der Waals surface area contributed by atoms with Crippen molar-refractivity contribution < 1.29 is 4.39 Å². The standard InChI is InChI=1S/C19H21FN2/c1-13-5-4-6-14(11-13)19-16(7-2-3-10-21)17-12-15(20)8-9-18(17)22-19/h4-6,8-9,11-12,22H,2-3,7,10,21H2,1H3. The summed E-state index contributed by atoms with van der Waals surface area (Å²) in [6.07, 6.45) is 2.90. The molecule has 1 heterocycles. The quantitative estimate of drug-likeness (QED) is 0.666. The van der Waals surface area contributed by atoms with Crippen LogP contribution in [0, 0.1) is 12.7 Å². The van der Waals surface area contributed by atoms with Gasteiger partial charge >= 0.3 is 0 Å². The molecule has 0 aliphatic heterocycles. The van der Waals surface area contributed by atoms with E-state index in [1.165, 1.54) is 17.2 Å². The summed E-state index contributed by atoms with van der Waals surface area (Å²) < 4.78 is 13.6. The van der Waals surface area contributed by atoms with Gasteiger partial charge in [-0.25, -0.2) is 4.39 Å². The first-order chi connectivity index (χ1) is 10.7. The molecule has 3 N–H and O–H groups in total. The predicted molar refractivity (Wildman–Crippen MR) is 90.4 cm³/mol. The van der Waals surface area contributed by atoms with Crippen molar-refractivity contribution in [1.82, 2.24) is 4.98 Å². The van der Waals surface area contributed by atoms with Gasteiger partial charge in [0.15, 0.2) is 0 Å². The van der Waals surface area contributed by atoms with E-state index >= 15 is 0 Å². The fourth-order valence-electron chi connectivity index (χ4n) is 2.97. The smallest absolute Gasteiger partial charge is 0.123 e. The lowest BCUT2D eigenvalue weighted by Gasteiger charge is -2.06. The Morgan fingerprint density at radius 2 is 1.95 bits per heavy atom. The Morgan fingerprint density at radius 1 is 1.09 bits per heavy atom. The number of benzene rings is 2. The molecule has 2 aromatic carbocycles. The van der Waals surface area contributed by atoms with Gasteiger partial charge in [0.1, 0.15) is 5.82 Å². The first-order valence-electron chi connectivity index (χ1n) is 7.76. The van der Waals surface area contributed by atoms with Crippen LogP contribution >= 0.6 is 0 Å². The van der Waals surface area contributed by atoms with Gasteiger partial charge in [-0.3, -0.25) is 0 Å². The molecule has 22 heavy (non-hydrogen) atoms. The Bertz CT molecular complexity index is 789. The minimum Gasteiger partial charge on any atom is -0.354 e. The van der Waals surface area contributed by atoms with Gasteiger partial charge in [-0.1, -0.05) is 23.8 Å². The molecule has 3 aromatic rings. The second-order valence-corrected chi connectivity index (χ2v) is 5.78. The SMILES string of the molecule is Cc1cccc(-c2[nH]c3ccc(F)cc3c2CCCCN)c1. The highest BCUT2D eigenvalue weighted by Gasteiger charge is 2.13. The summed E-state index contributed by atoms with van der Waals surface area (Å²) in [7, 11) is 0. The number of aromatic amines is 1. The molecule has 0 amide bonds. The number of nitrogens with two attached hydrogens (primary N) is 1. The second kappa shape index (κ2) is 6.32. The van der Waals surface area contributed by atoms with Gasteiger partial charge in [0, 0.05) is 16.6 Å². The van der Waals surface area contributed by atoms with Crippen LogP contribution in [-0.4, -0.2) is 11.5 Å². The van der Waals surface area contributed by atoms with E-state index in [4.69, 9.17) is 5.73 Å². The van der Waals surface area contributed by atoms with Crippen LogP contribution < -0.4 is 5.73 Å². The zero-order valence-electron chi connectivity index (χ0n) is 12.8. The predicted octanol–water partition coefficient (Wildman–Crippen LogP) is 4.56. The number of H-pyrrole nitrogens is 1. The first-order valence-corrected chi connectivity index (χ1v) is 7.76. The molecule has 3 rings (SSSR count). The fraction of sp³-hybridized carbons (Fsp3) is 0.263. The zero-order valence-corrected chi connectivity index (χ0v) is 12.8. The van der Waals surface area contributed by atoms with Crippen LogP contribution in [-0.2, 0) is 6.42 Å². The number of halogens is 1. The van der Waals surface area contributed by atoms with Crippen molar-refractivity contribution in [1.29, 1.82) is 0 Å². The molecule has 0 radical (unpaired) electrons. The van der Waals surface area contributed by atoms with Crippen molar-refractivity contribution in [2.24, 2.45) is 5.73 Å². The first kappa shape index (κ1) is 14.8. The zero-order chi connectivity index (χ0) is 15.5. The Morgan fingerprint density at radius 3 is 2.73 bits per heavy atom. The Labute approximate surface area is 130 Å². The van der Waals surface area contributed by atoms with Gasteiger partial charge in [0.05, 0.1) is 0 Å². The van der Waals surface area contributed by atoms with Crippen molar-refractivity contribution >= 4 is 10.9 Å². The van der Waals surface area contributed by atoms with Gasteiger partial charge in [-0.15, -0.1) is 0 Å². The molecule has 0 unspecified atom stereocenters. The molecule has 0 atom stereocenters. The van der Waals surface area contributed by atoms with E-state index in [2.05, 4.69) is 36.2 Å². The number of unbranched alkanes of at least 4 members (excludes halogenated alkanes) is 1. The van der Waals surface area contributed by atoms with E-state index < -0.39 is 0 Å². The van der Waals surface area contributed by atoms with Gasteiger partial charge in [0.25, 0.3) is 0 Å². The average Bonchev–Trinajstić information content (AvgIpc) is 2.86. The van der Waals surface area contributed by atoms with Crippen molar-refractivity contribution in [3.63, 3.8) is 0 Å². The molecule has 0 aliphatic rings. The molecule has 0 fully saturated rings. The number of aryl methyl sites for hydroxylation is 2. The van der Waals surface area contributed by atoms with Crippen LogP contribution in [0.25, 0.3) is 22.2 Å². The third kappa shape index (κ3) is 2.90. The summed E-state index contributed by atoms with van der Waals surface area (Å²) in [5.41, 5.74) is 11.2. The molecule has 0 saturated carbocycles. The topological polar surface area (TPSA) is 41.8 Å². The maximum absolute atomic E-state index is 13.6. The summed E-state index contributed by atoms with van der Waals surface area (Å²) in [5.74, 6) is -0.192. The number of rotatable bonds is 5. The van der Waals surface area contributed by atoms with E-state index in [9.17, 15) is 4.39 Å². The van der Waals surface area contributed by atoms with E-state index in [1.54, 1.807) is 6.07 Å². The summed E-state index contributed by atoms with van der Waals surface area (Å²) in [6.45, 7) is 2.77. The third-order valence-electron chi connectivity index (χ3n) is 4.06. The molecule has 3 heteroatoms. The Hall–Kier alpha value is -2.13. The van der Waals surface area contributed by atoms with Gasteiger partial charge in [0.2, 0.25) is 0 Å². The minimum absolute atomic E-state index is 0.192. The van der Waals surface area contributed by atoms with Crippen molar-refractivity contribution in [2.45, 2.75) is 26.2 Å². The summed E-state index contributed by atoms with van der Waals surface area (Å²) >= 11 is 0. The molecule has 2 nitrogen and oxygen atoms in total. The molecule has 0 saturated heterocycles. The lowest BCUT2D eigenvalue weighted by atomic mass is 9.99. The van der Waals surface area contributed by atoms with Crippen molar-refractivity contribution in [3.05, 3.63) is 59.4 Å². The van der Waals surface area contributed by atoms with Crippen LogP contribution in [0.5, 0.6) is 0 Å². The van der Waals surface area contributed by atoms with Crippen LogP contribution in [0.15, 0.2) is 42.5 Å². The van der Waals surface area contributed by atoms with Gasteiger partial charge < -0.3 is 10.7 Å². The van der Waals surface area contributed by atoms with Crippen molar-refractivity contribution in [3.8, 4) is 11.3 Å². The molecule has 0 aliphatic carbocycles. The average molecular weight is 296 g/mol. The molecule has 114 valence electrons. The highest BCUT2D eigenvalue weighted by molar-refractivity contribution is 5.90. The monoisotopic (exact) mass is 296 g/mol. The van der Waals surface area contributed by atoms with Gasteiger partial charge in [-0.2, -0.15) is 0 Å². The minimum atomic E-state index is -0.192. The molecular formula is C19H21FN2. The normalized spacial score (nSPS) is 11.2. The molecule has 0 bridgehead atoms. The van der Waals surface area contributed by atoms with E-state index in [-0.39, 0.29) is 5.82 Å². The van der Waals surface area contributed by atoms with Crippen molar-refractivity contribution in [2.75, 3.05) is 6.54 Å². The Balaban J connectivity index is 2.13. The van der Waals surface area contributed by atoms with E-state index in [1.807, 2.05) is 6.07 Å². The van der Waals surface area contributed by atoms with Gasteiger partial charge in [-0.05, 0) is 68.1 Å². The second-order valence-electron chi connectivity index (χ2n) is 5.78. The number of nitrogens with one attached hydrogen (secondary N) is 1. The van der Waals surface area contributed by atoms with Crippen LogP contribution in [0.2, 0.25) is 0 Å².